The van der Waals surface area contributed by atoms with Gasteiger partial charge in [0.25, 0.3) is 0 Å². The number of hydrogen-bond donors (Lipinski definition) is 4. The lowest BCUT2D eigenvalue weighted by molar-refractivity contribution is -0.147. The van der Waals surface area contributed by atoms with Crippen LogP contribution < -0.4 is 10.6 Å². The minimum Gasteiger partial charge on any atom is -0.480 e. The van der Waals surface area contributed by atoms with Crippen LogP contribution in [0.15, 0.2) is 30.3 Å². The number of nitrogens with one attached hydrogen (secondary N) is 2. The molecule has 1 unspecified atom stereocenters. The normalized spacial score (nSPS) is 17.7. The lowest BCUT2D eigenvalue weighted by Gasteiger charge is -2.19. The van der Waals surface area contributed by atoms with Gasteiger partial charge in [-0.05, 0) is 51.6 Å². The van der Waals surface area contributed by atoms with Crippen molar-refractivity contribution in [1.29, 1.82) is 0 Å². The van der Waals surface area contributed by atoms with E-state index in [1.165, 1.54) is 6.92 Å². The van der Waals surface area contributed by atoms with E-state index in [2.05, 4.69) is 10.6 Å². The molecule has 1 saturated heterocycles. The van der Waals surface area contributed by atoms with Crippen LogP contribution in [0.1, 0.15) is 38.7 Å². The van der Waals surface area contributed by atoms with Crippen molar-refractivity contribution in [3.8, 4) is 0 Å². The lowest BCUT2D eigenvalue weighted by atomic mass is 10.0. The fourth-order valence-electron chi connectivity index (χ4n) is 2.74. The summed E-state index contributed by atoms with van der Waals surface area (Å²) in [5.41, 5.74) is 1.10. The SMILES string of the molecule is CCOC(=O)[C@H](CCc1ccccc1)NC(C)C(=O)O.O=C(O)[C@@H]1CCCN1. The molecule has 0 bridgehead atoms. The molecule has 1 aliphatic heterocycles. The Morgan fingerprint density at radius 2 is 1.93 bits per heavy atom. The third kappa shape index (κ3) is 8.96. The Morgan fingerprint density at radius 1 is 1.25 bits per heavy atom. The summed E-state index contributed by atoms with van der Waals surface area (Å²) >= 11 is 0. The Balaban J connectivity index is 0.000000406. The number of hydrogen-bond acceptors (Lipinski definition) is 6. The van der Waals surface area contributed by atoms with Crippen molar-refractivity contribution in [1.82, 2.24) is 10.6 Å². The highest BCUT2D eigenvalue weighted by molar-refractivity contribution is 5.78. The molecule has 0 aliphatic carbocycles. The Bertz CT molecular complexity index is 616. The maximum atomic E-state index is 11.8. The molecule has 1 aromatic rings. The summed E-state index contributed by atoms with van der Waals surface area (Å²) in [6.07, 6.45) is 2.97. The predicted octanol–water partition coefficient (Wildman–Crippen LogP) is 1.44. The highest BCUT2D eigenvalue weighted by atomic mass is 16.5. The molecule has 1 aromatic carbocycles. The molecule has 4 N–H and O–H groups in total. The lowest BCUT2D eigenvalue weighted by Crippen LogP contribution is -2.46. The van der Waals surface area contributed by atoms with Gasteiger partial charge in [-0.1, -0.05) is 30.3 Å². The first-order valence-corrected chi connectivity index (χ1v) is 9.50. The van der Waals surface area contributed by atoms with E-state index < -0.39 is 30.0 Å². The number of aliphatic carboxylic acids is 2. The highest BCUT2D eigenvalue weighted by Crippen LogP contribution is 2.07. The first-order chi connectivity index (χ1) is 13.3. The van der Waals surface area contributed by atoms with Gasteiger partial charge in [-0.3, -0.25) is 19.7 Å². The van der Waals surface area contributed by atoms with Crippen LogP contribution in [0.2, 0.25) is 0 Å². The minimum atomic E-state index is -0.987. The molecule has 8 heteroatoms. The molecular weight excluding hydrogens is 364 g/mol. The summed E-state index contributed by atoms with van der Waals surface area (Å²) in [5, 5.41) is 22.9. The zero-order valence-corrected chi connectivity index (χ0v) is 16.4. The predicted molar refractivity (Wildman–Crippen MR) is 104 cm³/mol. The van der Waals surface area contributed by atoms with Crippen LogP contribution in [0.4, 0.5) is 0 Å². The molecule has 1 heterocycles. The van der Waals surface area contributed by atoms with Crippen molar-refractivity contribution in [2.45, 2.75) is 57.7 Å². The third-order valence-electron chi connectivity index (χ3n) is 4.32. The molecule has 0 saturated carbocycles. The number of rotatable bonds is 9. The maximum Gasteiger partial charge on any atom is 0.323 e. The summed E-state index contributed by atoms with van der Waals surface area (Å²) in [6.45, 7) is 4.38. The van der Waals surface area contributed by atoms with E-state index in [0.29, 0.717) is 12.8 Å². The molecule has 0 radical (unpaired) electrons. The number of benzene rings is 1. The summed E-state index contributed by atoms with van der Waals surface area (Å²) in [4.78, 5) is 32.9. The van der Waals surface area contributed by atoms with Crippen LogP contribution in [0.3, 0.4) is 0 Å². The smallest absolute Gasteiger partial charge is 0.323 e. The number of carbonyl (C=O) groups is 3. The van der Waals surface area contributed by atoms with Crippen molar-refractivity contribution in [3.63, 3.8) is 0 Å². The monoisotopic (exact) mass is 394 g/mol. The van der Waals surface area contributed by atoms with Crippen LogP contribution in [-0.4, -0.2) is 59.4 Å². The molecule has 0 amide bonds. The van der Waals surface area contributed by atoms with Crippen LogP contribution in [0.25, 0.3) is 0 Å². The number of aryl methyl sites for hydroxylation is 1. The Hall–Kier alpha value is -2.45. The Labute approximate surface area is 165 Å². The van der Waals surface area contributed by atoms with Crippen molar-refractivity contribution >= 4 is 17.9 Å². The van der Waals surface area contributed by atoms with E-state index in [-0.39, 0.29) is 12.6 Å². The van der Waals surface area contributed by atoms with Crippen LogP contribution >= 0.6 is 0 Å². The van der Waals surface area contributed by atoms with E-state index in [9.17, 15) is 14.4 Å². The summed E-state index contributed by atoms with van der Waals surface area (Å²) in [5.74, 6) is -2.11. The third-order valence-corrected chi connectivity index (χ3v) is 4.32. The van der Waals surface area contributed by atoms with Gasteiger partial charge in [-0.25, -0.2) is 0 Å². The second-order valence-electron chi connectivity index (χ2n) is 6.54. The zero-order valence-electron chi connectivity index (χ0n) is 16.4. The van der Waals surface area contributed by atoms with Crippen LogP contribution in [0, 0.1) is 0 Å². The fraction of sp³-hybridized carbons (Fsp3) is 0.550. The van der Waals surface area contributed by atoms with Crippen LogP contribution in [-0.2, 0) is 25.5 Å². The van der Waals surface area contributed by atoms with Crippen molar-refractivity contribution < 1.29 is 29.3 Å². The van der Waals surface area contributed by atoms with Crippen molar-refractivity contribution in [3.05, 3.63) is 35.9 Å². The highest BCUT2D eigenvalue weighted by Gasteiger charge is 2.24. The minimum absolute atomic E-state index is 0.269. The number of carbonyl (C=O) groups excluding carboxylic acids is 1. The molecule has 0 spiro atoms. The summed E-state index contributed by atoms with van der Waals surface area (Å²) in [6, 6.07) is 8.07. The van der Waals surface area contributed by atoms with Crippen molar-refractivity contribution in [2.75, 3.05) is 13.2 Å². The number of ether oxygens (including phenoxy) is 1. The second-order valence-corrected chi connectivity index (χ2v) is 6.54. The number of esters is 1. The molecule has 28 heavy (non-hydrogen) atoms. The quantitative estimate of drug-likeness (QED) is 0.464. The van der Waals surface area contributed by atoms with Gasteiger partial charge in [0, 0.05) is 0 Å². The van der Waals surface area contributed by atoms with Gasteiger partial charge in [0.15, 0.2) is 0 Å². The van der Waals surface area contributed by atoms with Gasteiger partial charge in [-0.2, -0.15) is 0 Å². The van der Waals surface area contributed by atoms with Crippen LogP contribution in [0.5, 0.6) is 0 Å². The van der Waals surface area contributed by atoms with Gasteiger partial charge in [0.1, 0.15) is 18.1 Å². The van der Waals surface area contributed by atoms with Gasteiger partial charge >= 0.3 is 17.9 Å². The first kappa shape index (κ1) is 23.6. The standard InChI is InChI=1S/C15H21NO4.C5H9NO2/c1-3-20-15(19)13(16-11(2)14(17)18)10-9-12-7-5-4-6-8-12;7-5(8)4-2-1-3-6-4/h4-8,11,13,16H,3,9-10H2,1-2H3,(H,17,18);4,6H,1-3H2,(H,7,8)/t11?,13-;4-/m00/s1. The van der Waals surface area contributed by atoms with Gasteiger partial charge in [-0.15, -0.1) is 0 Å². The zero-order chi connectivity index (χ0) is 20.9. The molecule has 156 valence electrons. The molecule has 0 aromatic heterocycles. The first-order valence-electron chi connectivity index (χ1n) is 9.50. The van der Waals surface area contributed by atoms with Gasteiger partial charge < -0.3 is 20.3 Å². The number of carboxylic acids is 2. The largest absolute Gasteiger partial charge is 0.480 e. The molecule has 1 fully saturated rings. The Kier molecular flexibility index (Phi) is 10.8. The average Bonchev–Trinajstić information content (AvgIpc) is 3.21. The van der Waals surface area contributed by atoms with Crippen molar-refractivity contribution in [2.24, 2.45) is 0 Å². The molecule has 3 atom stereocenters. The van der Waals surface area contributed by atoms with E-state index in [0.717, 1.165) is 24.9 Å². The summed E-state index contributed by atoms with van der Waals surface area (Å²) < 4.78 is 4.98. The molecule has 2 rings (SSSR count). The van der Waals surface area contributed by atoms with Gasteiger partial charge in [0.2, 0.25) is 0 Å². The second kappa shape index (κ2) is 12.9. The summed E-state index contributed by atoms with van der Waals surface area (Å²) in [7, 11) is 0. The van der Waals surface area contributed by atoms with E-state index >= 15 is 0 Å². The Morgan fingerprint density at radius 3 is 2.39 bits per heavy atom. The maximum absolute atomic E-state index is 11.8. The molecular formula is C20H30N2O6. The van der Waals surface area contributed by atoms with Gasteiger partial charge in [0.05, 0.1) is 6.61 Å². The number of carboxylic acid groups (broad SMARTS) is 2. The molecule has 8 nitrogen and oxygen atoms in total. The average molecular weight is 394 g/mol. The topological polar surface area (TPSA) is 125 Å². The van der Waals surface area contributed by atoms with E-state index in [4.69, 9.17) is 14.9 Å². The molecule has 1 aliphatic rings. The fourth-order valence-corrected chi connectivity index (χ4v) is 2.74. The van der Waals surface area contributed by atoms with E-state index in [1.807, 2.05) is 30.3 Å². The van der Waals surface area contributed by atoms with E-state index in [1.54, 1.807) is 6.92 Å².